The lowest BCUT2D eigenvalue weighted by atomic mass is 10.3. The van der Waals surface area contributed by atoms with E-state index in [1.165, 1.54) is 6.20 Å². The van der Waals surface area contributed by atoms with E-state index >= 15 is 0 Å². The van der Waals surface area contributed by atoms with E-state index < -0.39 is 19.0 Å². The molecular formula is C10H12F4N2O. The Labute approximate surface area is 95.8 Å². The van der Waals surface area contributed by atoms with Gasteiger partial charge in [-0.1, -0.05) is 0 Å². The average molecular weight is 252 g/mol. The smallest absolute Gasteiger partial charge is 0.340 e. The van der Waals surface area contributed by atoms with Gasteiger partial charge in [0.15, 0.2) is 6.61 Å². The molecule has 1 aromatic rings. The summed E-state index contributed by atoms with van der Waals surface area (Å²) in [7, 11) is 1.67. The van der Waals surface area contributed by atoms with E-state index in [1.54, 1.807) is 20.0 Å². The highest BCUT2D eigenvalue weighted by molar-refractivity contribution is 5.45. The highest BCUT2D eigenvalue weighted by Gasteiger charge is 2.41. The van der Waals surface area contributed by atoms with Crippen molar-refractivity contribution < 1.29 is 22.3 Å². The first-order valence-electron chi connectivity index (χ1n) is 4.80. The first-order chi connectivity index (χ1) is 7.86. The first kappa shape index (κ1) is 13.5. The Balaban J connectivity index is 2.70. The molecule has 0 bridgehead atoms. The van der Waals surface area contributed by atoms with Crippen LogP contribution in [0.5, 0.6) is 5.88 Å². The highest BCUT2D eigenvalue weighted by atomic mass is 19.3. The van der Waals surface area contributed by atoms with Crippen molar-refractivity contribution in [3.63, 3.8) is 0 Å². The lowest BCUT2D eigenvalue weighted by Crippen LogP contribution is -2.34. The Hall–Kier alpha value is -1.53. The van der Waals surface area contributed by atoms with Crippen LogP contribution in [0.25, 0.3) is 0 Å². The van der Waals surface area contributed by atoms with Crippen molar-refractivity contribution in [1.82, 2.24) is 4.98 Å². The molecule has 7 heteroatoms. The van der Waals surface area contributed by atoms with Crippen molar-refractivity contribution in [2.45, 2.75) is 19.3 Å². The summed E-state index contributed by atoms with van der Waals surface area (Å²) in [5, 5.41) is 2.80. The van der Waals surface area contributed by atoms with E-state index in [-0.39, 0.29) is 5.88 Å². The molecule has 1 aromatic heterocycles. The average Bonchev–Trinajstić information content (AvgIpc) is 2.27. The maximum absolute atomic E-state index is 12.6. The van der Waals surface area contributed by atoms with E-state index in [2.05, 4.69) is 15.0 Å². The normalized spacial score (nSPS) is 11.7. The second kappa shape index (κ2) is 5.20. The molecule has 1 heterocycles. The molecule has 0 aliphatic heterocycles. The van der Waals surface area contributed by atoms with Crippen molar-refractivity contribution in [2.75, 3.05) is 19.0 Å². The fourth-order valence-electron chi connectivity index (χ4n) is 1.08. The van der Waals surface area contributed by atoms with Crippen molar-refractivity contribution in [1.29, 1.82) is 0 Å². The fourth-order valence-corrected chi connectivity index (χ4v) is 1.08. The van der Waals surface area contributed by atoms with Gasteiger partial charge in [0.1, 0.15) is 0 Å². The molecule has 0 aromatic carbocycles. The zero-order valence-electron chi connectivity index (χ0n) is 9.31. The fraction of sp³-hybridized carbons (Fsp3) is 0.500. The zero-order chi connectivity index (χ0) is 13.1. The number of halogens is 4. The van der Waals surface area contributed by atoms with Crippen molar-refractivity contribution in [2.24, 2.45) is 0 Å². The van der Waals surface area contributed by atoms with E-state index in [4.69, 9.17) is 0 Å². The summed E-state index contributed by atoms with van der Waals surface area (Å²) in [5.74, 6) is -4.25. The summed E-state index contributed by atoms with van der Waals surface area (Å²) in [5.41, 5.74) is 1.16. The van der Waals surface area contributed by atoms with Gasteiger partial charge in [0.25, 0.3) is 0 Å². The Kier molecular flexibility index (Phi) is 4.14. The maximum Gasteiger partial charge on any atom is 0.340 e. The minimum absolute atomic E-state index is 0.0793. The van der Waals surface area contributed by atoms with Gasteiger partial charge in [0.2, 0.25) is 5.88 Å². The summed E-state index contributed by atoms with van der Waals surface area (Å²) in [6, 6.07) is 1.61. The molecule has 0 spiro atoms. The highest BCUT2D eigenvalue weighted by Crippen LogP contribution is 2.25. The molecule has 96 valence electrons. The SMILES string of the molecule is CNc1cnc(OCC(F)(F)C(F)F)c(C)c1. The van der Waals surface area contributed by atoms with E-state index in [0.29, 0.717) is 11.3 Å². The van der Waals surface area contributed by atoms with E-state index in [1.807, 2.05) is 0 Å². The van der Waals surface area contributed by atoms with Gasteiger partial charge in [0.05, 0.1) is 11.9 Å². The lowest BCUT2D eigenvalue weighted by molar-refractivity contribution is -0.148. The topological polar surface area (TPSA) is 34.2 Å². The summed E-state index contributed by atoms with van der Waals surface area (Å²) < 4.78 is 53.5. The van der Waals surface area contributed by atoms with Crippen molar-refractivity contribution in [3.8, 4) is 5.88 Å². The van der Waals surface area contributed by atoms with Crippen LogP contribution >= 0.6 is 0 Å². The Morgan fingerprint density at radius 3 is 2.59 bits per heavy atom. The Morgan fingerprint density at radius 2 is 2.12 bits per heavy atom. The van der Waals surface area contributed by atoms with Gasteiger partial charge < -0.3 is 10.1 Å². The number of ether oxygens (including phenoxy) is 1. The second-order valence-electron chi connectivity index (χ2n) is 3.45. The summed E-state index contributed by atoms with van der Waals surface area (Å²) in [6.45, 7) is 0.196. The third kappa shape index (κ3) is 3.47. The molecule has 3 nitrogen and oxygen atoms in total. The maximum atomic E-state index is 12.6. The van der Waals surface area contributed by atoms with Gasteiger partial charge in [-0.2, -0.15) is 8.78 Å². The van der Waals surface area contributed by atoms with Crippen LogP contribution in [0.15, 0.2) is 12.3 Å². The predicted octanol–water partition coefficient (Wildman–Crippen LogP) is 2.71. The van der Waals surface area contributed by atoms with Crippen LogP contribution < -0.4 is 10.1 Å². The number of alkyl halides is 4. The number of pyridine rings is 1. The van der Waals surface area contributed by atoms with Gasteiger partial charge >= 0.3 is 12.3 Å². The number of hydrogen-bond donors (Lipinski definition) is 1. The Morgan fingerprint density at radius 1 is 1.47 bits per heavy atom. The molecule has 0 amide bonds. The number of aryl methyl sites for hydroxylation is 1. The molecule has 1 rings (SSSR count). The largest absolute Gasteiger partial charge is 0.471 e. The first-order valence-corrected chi connectivity index (χ1v) is 4.80. The summed E-state index contributed by atoms with van der Waals surface area (Å²) >= 11 is 0. The summed E-state index contributed by atoms with van der Waals surface area (Å²) in [4.78, 5) is 3.75. The number of rotatable bonds is 5. The minimum atomic E-state index is -4.17. The molecule has 0 radical (unpaired) electrons. The second-order valence-corrected chi connectivity index (χ2v) is 3.45. The lowest BCUT2D eigenvalue weighted by Gasteiger charge is -2.16. The molecule has 0 aliphatic carbocycles. The monoisotopic (exact) mass is 252 g/mol. The van der Waals surface area contributed by atoms with Crippen molar-refractivity contribution in [3.05, 3.63) is 17.8 Å². The number of anilines is 1. The van der Waals surface area contributed by atoms with Gasteiger partial charge in [0, 0.05) is 12.6 Å². The molecule has 0 saturated heterocycles. The van der Waals surface area contributed by atoms with E-state index in [0.717, 1.165) is 0 Å². The molecule has 0 atom stereocenters. The summed E-state index contributed by atoms with van der Waals surface area (Å²) in [6.07, 6.45) is -2.39. The molecule has 1 N–H and O–H groups in total. The number of hydrogen-bond acceptors (Lipinski definition) is 3. The quantitative estimate of drug-likeness (QED) is 0.818. The Bertz CT molecular complexity index is 385. The van der Waals surface area contributed by atoms with Crippen LogP contribution in [-0.4, -0.2) is 31.0 Å². The van der Waals surface area contributed by atoms with Crippen LogP contribution in [0.3, 0.4) is 0 Å². The minimum Gasteiger partial charge on any atom is -0.471 e. The molecule has 0 fully saturated rings. The van der Waals surface area contributed by atoms with Crippen LogP contribution in [0.4, 0.5) is 23.2 Å². The van der Waals surface area contributed by atoms with E-state index in [9.17, 15) is 17.6 Å². The zero-order valence-corrected chi connectivity index (χ0v) is 9.31. The van der Waals surface area contributed by atoms with Crippen molar-refractivity contribution >= 4 is 5.69 Å². The van der Waals surface area contributed by atoms with Gasteiger partial charge in [-0.05, 0) is 13.0 Å². The standard InChI is InChI=1S/C10H12F4N2O/c1-6-3-7(15-2)4-16-8(6)17-5-10(13,14)9(11)12/h3-4,9,15H,5H2,1-2H3. The molecule has 17 heavy (non-hydrogen) atoms. The third-order valence-corrected chi connectivity index (χ3v) is 2.04. The van der Waals surface area contributed by atoms with Gasteiger partial charge in [-0.15, -0.1) is 0 Å². The van der Waals surface area contributed by atoms with Crippen LogP contribution in [0.2, 0.25) is 0 Å². The molecule has 0 aliphatic rings. The number of aromatic nitrogens is 1. The number of nitrogens with one attached hydrogen (secondary N) is 1. The van der Waals surface area contributed by atoms with Crippen LogP contribution in [0.1, 0.15) is 5.56 Å². The molecular weight excluding hydrogens is 240 g/mol. The van der Waals surface area contributed by atoms with Crippen LogP contribution in [0, 0.1) is 6.92 Å². The van der Waals surface area contributed by atoms with Gasteiger partial charge in [-0.3, -0.25) is 0 Å². The predicted molar refractivity (Wildman–Crippen MR) is 55.0 cm³/mol. The molecule has 0 unspecified atom stereocenters. The number of nitrogens with zero attached hydrogens (tertiary/aromatic N) is 1. The molecule has 0 saturated carbocycles. The third-order valence-electron chi connectivity index (χ3n) is 2.04. The van der Waals surface area contributed by atoms with Gasteiger partial charge in [-0.25, -0.2) is 13.8 Å². The van der Waals surface area contributed by atoms with Crippen LogP contribution in [-0.2, 0) is 0 Å².